The first-order chi connectivity index (χ1) is 10.6. The van der Waals surface area contributed by atoms with Crippen LogP contribution in [0.1, 0.15) is 25.2 Å². The van der Waals surface area contributed by atoms with Crippen LogP contribution in [0.5, 0.6) is 0 Å². The Morgan fingerprint density at radius 1 is 1.71 bits per heavy atom. The van der Waals surface area contributed by atoms with Gasteiger partial charge in [-0.1, -0.05) is 11.8 Å². The summed E-state index contributed by atoms with van der Waals surface area (Å²) in [5, 5.41) is 20.5. The van der Waals surface area contributed by atoms with E-state index in [1.807, 2.05) is 0 Å². The number of ether oxygens (including phenoxy) is 1. The smallest absolute Gasteiger partial charge is 0.543 e. The van der Waals surface area contributed by atoms with Gasteiger partial charge in [0.05, 0.1) is 31.1 Å². The molecule has 1 amide bonds. The summed E-state index contributed by atoms with van der Waals surface area (Å²) < 4.78 is 34.9. The molecule has 3 heterocycles. The summed E-state index contributed by atoms with van der Waals surface area (Å²) in [5.41, 5.74) is -0.338. The molecule has 0 radical (unpaired) electrons. The van der Waals surface area contributed by atoms with E-state index in [0.717, 1.165) is 23.1 Å². The van der Waals surface area contributed by atoms with Crippen molar-refractivity contribution in [2.45, 2.75) is 37.3 Å². The molecule has 3 rings (SSSR count). The summed E-state index contributed by atoms with van der Waals surface area (Å²) in [5.74, 6) is -3.99. The second-order valence-corrected chi connectivity index (χ2v) is 5.74. The summed E-state index contributed by atoms with van der Waals surface area (Å²) in [6.45, 7) is -2.62. The van der Waals surface area contributed by atoms with E-state index in [1.165, 1.54) is 0 Å². The van der Waals surface area contributed by atoms with Crippen LogP contribution in [0.3, 0.4) is 0 Å². The number of aliphatic carboxylic acids is 1. The van der Waals surface area contributed by atoms with Crippen LogP contribution in [0.15, 0.2) is 10.6 Å². The van der Waals surface area contributed by atoms with Gasteiger partial charge in [0.25, 0.3) is 0 Å². The molecule has 9 heteroatoms. The number of fused-ring (bicyclic) bond motifs is 1. The molecule has 0 spiro atoms. The Bertz CT molecular complexity index is 607. The number of β-lactam (4-membered cyclic amide) rings is 1. The van der Waals surface area contributed by atoms with Crippen molar-refractivity contribution in [3.8, 4) is 0 Å². The van der Waals surface area contributed by atoms with Crippen LogP contribution in [0.25, 0.3) is 0 Å². The van der Waals surface area contributed by atoms with Gasteiger partial charge in [0.15, 0.2) is 0 Å². The van der Waals surface area contributed by atoms with Gasteiger partial charge < -0.3 is 25.2 Å². The molecule has 0 saturated carbocycles. The minimum atomic E-state index is -3.09. The molecule has 4 atom stereocenters. The predicted octanol–water partition coefficient (Wildman–Crippen LogP) is -4.78. The first-order valence-electron chi connectivity index (χ1n) is 7.86. The molecule has 1 unspecified atom stereocenters. The van der Waals surface area contributed by atoms with Crippen LogP contribution in [0.2, 0.25) is 0 Å². The minimum absolute atomic E-state index is 0. The van der Waals surface area contributed by atoms with Gasteiger partial charge in [-0.05, 0) is 19.7 Å². The fraction of sp³-hybridized carbons (Fsp3) is 0.667. The van der Waals surface area contributed by atoms with Gasteiger partial charge in [0.1, 0.15) is 5.37 Å². The number of thioether (sulfide) groups is 1. The first kappa shape index (κ1) is 13.4. The summed E-state index contributed by atoms with van der Waals surface area (Å²) in [7, 11) is 0. The Balaban J connectivity index is 0.00000156. The number of carbonyl (C=O) groups excluding carboxylic acids is 2. The topological polar surface area (TPSA) is 121 Å². The van der Waals surface area contributed by atoms with Crippen molar-refractivity contribution < 1.29 is 65.1 Å². The summed E-state index contributed by atoms with van der Waals surface area (Å²) in [4.78, 5) is 24.8. The van der Waals surface area contributed by atoms with E-state index in [4.69, 9.17) is 10.2 Å². The Hall–Kier alpha value is -0.0900. The van der Waals surface area contributed by atoms with E-state index in [1.54, 1.807) is 0 Å². The number of aliphatic hydroxyl groups is 1. The van der Waals surface area contributed by atoms with Gasteiger partial charge in [0.2, 0.25) is 5.91 Å². The van der Waals surface area contributed by atoms with Gasteiger partial charge in [-0.3, -0.25) is 9.69 Å². The summed E-state index contributed by atoms with van der Waals surface area (Å²) in [6, 6.07) is 0. The Morgan fingerprint density at radius 3 is 2.95 bits per heavy atom. The maximum atomic E-state index is 12.2. The second kappa shape index (κ2) is 6.99. The molecule has 3 aliphatic heterocycles. The molecule has 2 fully saturated rings. The Labute approximate surface area is 153 Å². The SMILES string of the molecule is O.[2H]C([2H])([2H])C([2H])(O)[C@H]1C(=O)N2C(C(=O)[O-])=C([C@H]3CCCO3)S[C@H]12.[Na+]. The van der Waals surface area contributed by atoms with E-state index >= 15 is 0 Å². The van der Waals surface area contributed by atoms with Crippen molar-refractivity contribution in [1.82, 2.24) is 4.90 Å². The van der Waals surface area contributed by atoms with Gasteiger partial charge in [-0.25, -0.2) is 0 Å². The quantitative estimate of drug-likeness (QED) is 0.410. The zero-order chi connectivity index (χ0) is 17.2. The number of rotatable bonds is 3. The second-order valence-electron chi connectivity index (χ2n) is 4.58. The number of carboxylic acids is 1. The monoisotopic (exact) mass is 329 g/mol. The van der Waals surface area contributed by atoms with E-state index in [2.05, 4.69) is 0 Å². The van der Waals surface area contributed by atoms with Crippen LogP contribution in [-0.2, 0) is 14.3 Å². The molecular formula is C12H16NNaO6S. The van der Waals surface area contributed by atoms with E-state index in [0.29, 0.717) is 17.9 Å². The number of nitrogens with zero attached hydrogens (tertiary/aromatic N) is 1. The molecule has 0 aliphatic carbocycles. The standard InChI is InChI=1S/C12H15NO5S.Na.H2O/c1-5(14)7-10(15)13-8(12(16)17)9(19-11(7)13)6-3-2-4-18-6;;/h5-7,11,14H,2-4H2,1H3,(H,16,17);;1H2/q;+1;/p-1/t5?,6-,7+,11-;;/m1../s1/i1D3,5D;;. The van der Waals surface area contributed by atoms with Crippen molar-refractivity contribution in [2.24, 2.45) is 5.92 Å². The van der Waals surface area contributed by atoms with Crippen molar-refractivity contribution in [3.05, 3.63) is 10.6 Å². The third-order valence-corrected chi connectivity index (χ3v) is 4.91. The molecule has 21 heavy (non-hydrogen) atoms. The van der Waals surface area contributed by atoms with Crippen molar-refractivity contribution >= 4 is 23.6 Å². The minimum Gasteiger partial charge on any atom is -0.543 e. The van der Waals surface area contributed by atoms with Gasteiger partial charge >= 0.3 is 29.6 Å². The van der Waals surface area contributed by atoms with E-state index in [-0.39, 0.29) is 40.7 Å². The van der Waals surface area contributed by atoms with Crippen LogP contribution < -0.4 is 34.7 Å². The molecule has 7 nitrogen and oxygen atoms in total. The van der Waals surface area contributed by atoms with Crippen LogP contribution in [0, 0.1) is 5.92 Å². The van der Waals surface area contributed by atoms with Gasteiger partial charge in [0, 0.05) is 15.6 Å². The largest absolute Gasteiger partial charge is 1.00 e. The summed E-state index contributed by atoms with van der Waals surface area (Å²) in [6.07, 6.45) is -2.14. The number of carboxylic acid groups (broad SMARTS) is 1. The van der Waals surface area contributed by atoms with Crippen LogP contribution in [0.4, 0.5) is 0 Å². The maximum absolute atomic E-state index is 12.2. The molecule has 3 N–H and O–H groups in total. The average Bonchev–Trinajstić information content (AvgIpc) is 3.01. The molecule has 0 bridgehead atoms. The third-order valence-electron chi connectivity index (χ3n) is 3.48. The number of carbonyl (C=O) groups is 2. The van der Waals surface area contributed by atoms with Gasteiger partial charge in [-0.2, -0.15) is 0 Å². The Morgan fingerprint density at radius 2 is 2.43 bits per heavy atom. The van der Waals surface area contributed by atoms with Crippen molar-refractivity contribution in [2.75, 3.05) is 6.61 Å². The van der Waals surface area contributed by atoms with Gasteiger partial charge in [-0.15, -0.1) is 0 Å². The number of hydrogen-bond acceptors (Lipinski definition) is 6. The predicted molar refractivity (Wildman–Crippen MR) is 68.0 cm³/mol. The fourth-order valence-corrected chi connectivity index (χ4v) is 4.18. The first-order valence-corrected chi connectivity index (χ1v) is 6.74. The summed E-state index contributed by atoms with van der Waals surface area (Å²) >= 11 is 0.958. The van der Waals surface area contributed by atoms with Crippen LogP contribution in [-0.4, -0.2) is 51.5 Å². The number of amides is 1. The van der Waals surface area contributed by atoms with Crippen molar-refractivity contribution in [3.63, 3.8) is 0 Å². The molecular weight excluding hydrogens is 309 g/mol. The molecule has 0 aromatic carbocycles. The Kier molecular flexibility index (Phi) is 4.45. The maximum Gasteiger partial charge on any atom is 1.00 e. The molecule has 0 aromatic rings. The third kappa shape index (κ3) is 2.90. The molecule has 112 valence electrons. The van der Waals surface area contributed by atoms with E-state index in [9.17, 15) is 19.8 Å². The van der Waals surface area contributed by atoms with Crippen molar-refractivity contribution in [1.29, 1.82) is 0 Å². The van der Waals surface area contributed by atoms with E-state index < -0.39 is 42.2 Å². The number of hydrogen-bond donors (Lipinski definition) is 1. The normalized spacial score (nSPS) is 36.9. The molecule has 3 aliphatic rings. The van der Waals surface area contributed by atoms with Crippen LogP contribution >= 0.6 is 11.8 Å². The average molecular weight is 329 g/mol. The zero-order valence-corrected chi connectivity index (χ0v) is 14.1. The molecule has 0 aromatic heterocycles. The fourth-order valence-electron chi connectivity index (χ4n) is 2.59. The zero-order valence-electron chi connectivity index (χ0n) is 15.3. The molecule has 2 saturated heterocycles.